The van der Waals surface area contributed by atoms with Gasteiger partial charge in [0.1, 0.15) is 11.5 Å². The summed E-state index contributed by atoms with van der Waals surface area (Å²) in [5.74, 6) is 1.18. The van der Waals surface area contributed by atoms with E-state index in [9.17, 15) is 5.11 Å². The molecule has 2 aromatic rings. The van der Waals surface area contributed by atoms with Crippen molar-refractivity contribution in [2.24, 2.45) is 0 Å². The van der Waals surface area contributed by atoms with Crippen LogP contribution in [0.4, 0.5) is 5.69 Å². The largest absolute Gasteiger partial charge is 0.508 e. The summed E-state index contributed by atoms with van der Waals surface area (Å²) in [4.78, 5) is 4.99. The van der Waals surface area contributed by atoms with Gasteiger partial charge in [-0.3, -0.25) is 4.90 Å². The molecule has 1 saturated carbocycles. The van der Waals surface area contributed by atoms with Gasteiger partial charge in [-0.05, 0) is 82.4 Å². The first-order chi connectivity index (χ1) is 14.9. The van der Waals surface area contributed by atoms with Crippen molar-refractivity contribution < 1.29 is 9.84 Å². The smallest absolute Gasteiger partial charge is 0.143 e. The highest BCUT2D eigenvalue weighted by molar-refractivity contribution is 6.30. The zero-order valence-electron chi connectivity index (χ0n) is 19.4. The molecule has 1 N–H and O–H groups in total. The van der Waals surface area contributed by atoms with Crippen LogP contribution < -0.4 is 9.64 Å². The molecular weight excluding hydrogens is 408 g/mol. The van der Waals surface area contributed by atoms with Gasteiger partial charge in [0, 0.05) is 29.2 Å². The highest BCUT2D eigenvalue weighted by Crippen LogP contribution is 2.45. The molecule has 3 rings (SSSR count). The third-order valence-corrected chi connectivity index (χ3v) is 7.21. The Kier molecular flexibility index (Phi) is 8.12. The number of hydrogen-bond acceptors (Lipinski definition) is 4. The van der Waals surface area contributed by atoms with Crippen LogP contribution in [-0.2, 0) is 5.54 Å². The lowest BCUT2D eigenvalue weighted by molar-refractivity contribution is 0.0642. The summed E-state index contributed by atoms with van der Waals surface area (Å²) in [7, 11) is 3.96. The van der Waals surface area contributed by atoms with E-state index in [1.54, 1.807) is 13.2 Å². The summed E-state index contributed by atoms with van der Waals surface area (Å²) in [6.45, 7) is 6.44. The Morgan fingerprint density at radius 3 is 2.48 bits per heavy atom. The van der Waals surface area contributed by atoms with Crippen molar-refractivity contribution in [3.63, 3.8) is 0 Å². The molecule has 0 atom stereocenters. The Balaban J connectivity index is 1.86. The van der Waals surface area contributed by atoms with Crippen molar-refractivity contribution >= 4 is 17.3 Å². The van der Waals surface area contributed by atoms with Crippen LogP contribution in [0.15, 0.2) is 42.5 Å². The summed E-state index contributed by atoms with van der Waals surface area (Å²) in [5.41, 5.74) is 2.31. The van der Waals surface area contributed by atoms with Gasteiger partial charge >= 0.3 is 0 Å². The summed E-state index contributed by atoms with van der Waals surface area (Å²) in [6.07, 6.45) is 6.67. The molecule has 2 aromatic carbocycles. The maximum absolute atomic E-state index is 10.2. The molecule has 0 aromatic heterocycles. The lowest BCUT2D eigenvalue weighted by Crippen LogP contribution is -2.50. The molecular formula is C26H37ClN2O2. The highest BCUT2D eigenvalue weighted by atomic mass is 35.5. The molecule has 0 radical (unpaired) electrons. The molecule has 31 heavy (non-hydrogen) atoms. The normalized spacial score (nSPS) is 21.3. The van der Waals surface area contributed by atoms with Crippen LogP contribution in [0.25, 0.3) is 0 Å². The number of unbranched alkanes of at least 4 members (excludes halogenated alkanes) is 1. The predicted octanol–water partition coefficient (Wildman–Crippen LogP) is 6.45. The summed E-state index contributed by atoms with van der Waals surface area (Å²) >= 11 is 6.20. The van der Waals surface area contributed by atoms with Crippen LogP contribution in [-0.4, -0.2) is 43.3 Å². The first-order valence-corrected chi connectivity index (χ1v) is 11.9. The molecule has 5 heteroatoms. The number of benzene rings is 2. The van der Waals surface area contributed by atoms with Gasteiger partial charge in [-0.15, -0.1) is 0 Å². The van der Waals surface area contributed by atoms with Gasteiger partial charge in [-0.25, -0.2) is 0 Å². The van der Waals surface area contributed by atoms with E-state index in [0.717, 1.165) is 50.2 Å². The van der Waals surface area contributed by atoms with E-state index in [1.165, 1.54) is 18.4 Å². The number of halogens is 1. The van der Waals surface area contributed by atoms with Crippen molar-refractivity contribution in [1.29, 1.82) is 0 Å². The van der Waals surface area contributed by atoms with Crippen LogP contribution in [0.3, 0.4) is 0 Å². The quantitative estimate of drug-likeness (QED) is 0.482. The topological polar surface area (TPSA) is 35.9 Å². The Hall–Kier alpha value is -1.91. The first-order valence-electron chi connectivity index (χ1n) is 11.6. The average molecular weight is 445 g/mol. The molecule has 170 valence electrons. The van der Waals surface area contributed by atoms with Gasteiger partial charge in [0.2, 0.25) is 0 Å². The molecule has 0 saturated heterocycles. The molecule has 4 nitrogen and oxygen atoms in total. The predicted molar refractivity (Wildman–Crippen MR) is 131 cm³/mol. The van der Waals surface area contributed by atoms with Crippen LogP contribution in [0, 0.1) is 0 Å². The third-order valence-electron chi connectivity index (χ3n) is 6.98. The number of ether oxygens (including phenoxy) is 1. The van der Waals surface area contributed by atoms with Gasteiger partial charge in [-0.2, -0.15) is 0 Å². The van der Waals surface area contributed by atoms with Crippen molar-refractivity contribution in [2.45, 2.75) is 64.0 Å². The number of phenolic OH excluding ortho intramolecular Hbond substituents is 1. The fraction of sp³-hybridized carbons (Fsp3) is 0.538. The van der Waals surface area contributed by atoms with E-state index in [4.69, 9.17) is 16.3 Å². The van der Waals surface area contributed by atoms with E-state index in [2.05, 4.69) is 42.8 Å². The molecule has 1 aliphatic rings. The van der Waals surface area contributed by atoms with Gasteiger partial charge < -0.3 is 14.7 Å². The molecule has 0 spiro atoms. The zero-order chi connectivity index (χ0) is 22.4. The Morgan fingerprint density at radius 2 is 1.87 bits per heavy atom. The van der Waals surface area contributed by atoms with Gasteiger partial charge in [0.25, 0.3) is 0 Å². The number of methoxy groups -OCH3 is 1. The molecule has 0 heterocycles. The Bertz CT molecular complexity index is 849. The average Bonchev–Trinajstić information content (AvgIpc) is 2.79. The maximum atomic E-state index is 10.2. The van der Waals surface area contributed by atoms with Crippen LogP contribution >= 0.6 is 11.6 Å². The van der Waals surface area contributed by atoms with Crippen molar-refractivity contribution in [1.82, 2.24) is 4.90 Å². The van der Waals surface area contributed by atoms with Crippen LogP contribution in [0.1, 0.15) is 57.9 Å². The van der Waals surface area contributed by atoms with E-state index in [0.29, 0.717) is 16.8 Å². The van der Waals surface area contributed by atoms with Gasteiger partial charge in [-0.1, -0.05) is 37.1 Å². The maximum Gasteiger partial charge on any atom is 0.143 e. The van der Waals surface area contributed by atoms with Crippen molar-refractivity contribution in [3.05, 3.63) is 53.1 Å². The molecule has 0 amide bonds. The second-order valence-electron chi connectivity index (χ2n) is 8.69. The third kappa shape index (κ3) is 5.12. The lowest BCUT2D eigenvalue weighted by Gasteiger charge is -2.49. The standard InChI is InChI=1S/C26H37ClN2O2/c1-5-7-17-28(3)26(20-9-8-10-23(30)18-20)15-13-22(14-16-26)29(6-2)24-12-11-21(27)19-25(24)31-4/h8-12,18-19,22,30H,5-7,13-17H2,1-4H3. The fourth-order valence-electron chi connectivity index (χ4n) is 5.20. The summed E-state index contributed by atoms with van der Waals surface area (Å²) in [5, 5.41) is 10.9. The van der Waals surface area contributed by atoms with Gasteiger partial charge in [0.15, 0.2) is 0 Å². The van der Waals surface area contributed by atoms with Crippen LogP contribution in [0.5, 0.6) is 11.5 Å². The Morgan fingerprint density at radius 1 is 1.13 bits per heavy atom. The molecule has 0 aliphatic heterocycles. The lowest BCUT2D eigenvalue weighted by atomic mass is 9.73. The van der Waals surface area contributed by atoms with E-state index in [1.807, 2.05) is 24.3 Å². The fourth-order valence-corrected chi connectivity index (χ4v) is 5.36. The van der Waals surface area contributed by atoms with Crippen molar-refractivity contribution in [3.8, 4) is 11.5 Å². The Labute approximate surface area is 192 Å². The number of aromatic hydroxyl groups is 1. The molecule has 0 unspecified atom stereocenters. The van der Waals surface area contributed by atoms with E-state index < -0.39 is 0 Å². The SMILES string of the molecule is CCCCN(C)C1(c2cccc(O)c2)CCC(N(CC)c2ccc(Cl)cc2OC)CC1. The second-order valence-corrected chi connectivity index (χ2v) is 9.13. The molecule has 1 aliphatic carbocycles. The van der Waals surface area contributed by atoms with Crippen LogP contribution in [0.2, 0.25) is 5.02 Å². The highest BCUT2D eigenvalue weighted by Gasteiger charge is 2.41. The number of phenols is 1. The number of rotatable bonds is 9. The monoisotopic (exact) mass is 444 g/mol. The van der Waals surface area contributed by atoms with Gasteiger partial charge in [0.05, 0.1) is 12.8 Å². The second kappa shape index (κ2) is 10.6. The number of nitrogens with zero attached hydrogens (tertiary/aromatic N) is 2. The minimum absolute atomic E-state index is 0.0338. The van der Waals surface area contributed by atoms with E-state index in [-0.39, 0.29) is 5.54 Å². The summed E-state index contributed by atoms with van der Waals surface area (Å²) < 4.78 is 5.64. The molecule has 0 bridgehead atoms. The molecule has 1 fully saturated rings. The first kappa shape index (κ1) is 23.7. The van der Waals surface area contributed by atoms with Crippen molar-refractivity contribution in [2.75, 3.05) is 32.1 Å². The number of anilines is 1. The number of hydrogen-bond donors (Lipinski definition) is 1. The summed E-state index contributed by atoms with van der Waals surface area (Å²) in [6, 6.07) is 14.3. The zero-order valence-corrected chi connectivity index (χ0v) is 20.2. The minimum Gasteiger partial charge on any atom is -0.508 e. The minimum atomic E-state index is -0.0338. The van der Waals surface area contributed by atoms with E-state index >= 15 is 0 Å².